The van der Waals surface area contributed by atoms with Crippen LogP contribution in [0.4, 0.5) is 14.9 Å². The molecule has 0 saturated carbocycles. The predicted octanol–water partition coefficient (Wildman–Crippen LogP) is 1.21. The Morgan fingerprint density at radius 2 is 1.86 bits per heavy atom. The maximum atomic E-state index is 13.7. The Balaban J connectivity index is 2.72. The van der Waals surface area contributed by atoms with Gasteiger partial charge in [-0.3, -0.25) is 4.79 Å². The second-order valence-electron chi connectivity index (χ2n) is 5.08. The molecule has 0 unspecified atom stereocenters. The van der Waals surface area contributed by atoms with Crippen LogP contribution in [0.3, 0.4) is 0 Å². The van der Waals surface area contributed by atoms with E-state index in [2.05, 4.69) is 10.6 Å². The van der Waals surface area contributed by atoms with Gasteiger partial charge in [-0.05, 0) is 32.3 Å². The summed E-state index contributed by atoms with van der Waals surface area (Å²) < 4.78 is 13.7. The Kier molecular flexibility index (Phi) is 6.10. The molecular formula is C14H21FN4O2. The van der Waals surface area contributed by atoms with E-state index in [0.29, 0.717) is 18.7 Å². The number of hydrogen-bond acceptors (Lipinski definition) is 3. The van der Waals surface area contributed by atoms with Crippen molar-refractivity contribution in [2.45, 2.75) is 0 Å². The highest BCUT2D eigenvalue weighted by Gasteiger charge is 2.13. The van der Waals surface area contributed by atoms with E-state index in [1.54, 1.807) is 14.1 Å². The van der Waals surface area contributed by atoms with Crippen molar-refractivity contribution < 1.29 is 14.0 Å². The summed E-state index contributed by atoms with van der Waals surface area (Å²) in [7, 11) is 6.98. The van der Waals surface area contributed by atoms with Crippen molar-refractivity contribution in [3.63, 3.8) is 0 Å². The summed E-state index contributed by atoms with van der Waals surface area (Å²) in [6.07, 6.45) is 0. The molecule has 0 bridgehead atoms. The van der Waals surface area contributed by atoms with Gasteiger partial charge in [0.25, 0.3) is 5.91 Å². The van der Waals surface area contributed by atoms with E-state index in [0.717, 1.165) is 6.07 Å². The average Bonchev–Trinajstić information content (AvgIpc) is 2.39. The first kappa shape index (κ1) is 16.9. The minimum atomic E-state index is -0.590. The van der Waals surface area contributed by atoms with Gasteiger partial charge in [0.15, 0.2) is 0 Å². The summed E-state index contributed by atoms with van der Waals surface area (Å²) >= 11 is 0. The van der Waals surface area contributed by atoms with E-state index >= 15 is 0 Å². The molecule has 0 atom stereocenters. The molecule has 0 aliphatic carbocycles. The Morgan fingerprint density at radius 1 is 1.19 bits per heavy atom. The summed E-state index contributed by atoms with van der Waals surface area (Å²) in [4.78, 5) is 26.8. The van der Waals surface area contributed by atoms with Crippen molar-refractivity contribution in [1.29, 1.82) is 0 Å². The third-order valence-electron chi connectivity index (χ3n) is 2.71. The number of rotatable bonds is 5. The quantitative estimate of drug-likeness (QED) is 0.858. The molecule has 0 spiro atoms. The molecule has 6 nitrogen and oxygen atoms in total. The molecule has 0 aliphatic rings. The first-order valence-electron chi connectivity index (χ1n) is 6.52. The molecule has 0 aliphatic heterocycles. The van der Waals surface area contributed by atoms with Crippen molar-refractivity contribution in [3.8, 4) is 0 Å². The van der Waals surface area contributed by atoms with Gasteiger partial charge < -0.3 is 20.4 Å². The van der Waals surface area contributed by atoms with Gasteiger partial charge in [-0.15, -0.1) is 0 Å². The molecule has 0 heterocycles. The van der Waals surface area contributed by atoms with Gasteiger partial charge in [0.1, 0.15) is 5.82 Å². The van der Waals surface area contributed by atoms with Crippen molar-refractivity contribution in [3.05, 3.63) is 29.6 Å². The number of halogens is 1. The number of carbonyl (C=O) groups is 2. The maximum absolute atomic E-state index is 13.7. The standard InChI is InChI=1S/C14H21FN4O2/c1-18(2)8-7-16-14(21)17-12-9-10(5-6-11(12)15)13(20)19(3)4/h5-6,9H,7-8H2,1-4H3,(H2,16,17,21). The summed E-state index contributed by atoms with van der Waals surface area (Å²) in [6, 6.07) is 3.35. The predicted molar refractivity (Wildman–Crippen MR) is 80.0 cm³/mol. The van der Waals surface area contributed by atoms with Crippen LogP contribution in [0.25, 0.3) is 0 Å². The molecule has 7 heteroatoms. The van der Waals surface area contributed by atoms with Crippen LogP contribution >= 0.6 is 0 Å². The van der Waals surface area contributed by atoms with Crippen molar-refractivity contribution in [1.82, 2.24) is 15.1 Å². The lowest BCUT2D eigenvalue weighted by atomic mass is 10.1. The van der Waals surface area contributed by atoms with E-state index < -0.39 is 11.8 Å². The highest BCUT2D eigenvalue weighted by atomic mass is 19.1. The van der Waals surface area contributed by atoms with Crippen LogP contribution in [0.2, 0.25) is 0 Å². The molecule has 0 saturated heterocycles. The zero-order valence-corrected chi connectivity index (χ0v) is 12.7. The van der Waals surface area contributed by atoms with Crippen LogP contribution in [0.5, 0.6) is 0 Å². The van der Waals surface area contributed by atoms with Gasteiger partial charge >= 0.3 is 6.03 Å². The molecule has 2 N–H and O–H groups in total. The first-order chi connectivity index (χ1) is 9.81. The minimum absolute atomic E-state index is 0.0231. The number of carbonyl (C=O) groups excluding carboxylic acids is 2. The van der Waals surface area contributed by atoms with Crippen molar-refractivity contribution in [2.24, 2.45) is 0 Å². The number of anilines is 1. The number of hydrogen-bond donors (Lipinski definition) is 2. The monoisotopic (exact) mass is 296 g/mol. The van der Waals surface area contributed by atoms with Crippen LogP contribution in [0.15, 0.2) is 18.2 Å². The molecule has 1 aromatic rings. The highest BCUT2D eigenvalue weighted by Crippen LogP contribution is 2.17. The molecule has 0 aromatic heterocycles. The molecule has 116 valence electrons. The Bertz CT molecular complexity index is 518. The van der Waals surface area contributed by atoms with Crippen LogP contribution in [0, 0.1) is 5.82 Å². The highest BCUT2D eigenvalue weighted by molar-refractivity contribution is 5.96. The molecule has 0 fully saturated rings. The molecule has 1 rings (SSSR count). The lowest BCUT2D eigenvalue weighted by molar-refractivity contribution is 0.0827. The lowest BCUT2D eigenvalue weighted by Gasteiger charge is -2.13. The largest absolute Gasteiger partial charge is 0.345 e. The van der Waals surface area contributed by atoms with Crippen LogP contribution < -0.4 is 10.6 Å². The average molecular weight is 296 g/mol. The number of amides is 3. The molecule has 1 aromatic carbocycles. The number of nitrogens with zero attached hydrogens (tertiary/aromatic N) is 2. The topological polar surface area (TPSA) is 64.7 Å². The van der Waals surface area contributed by atoms with Gasteiger partial charge in [-0.2, -0.15) is 0 Å². The van der Waals surface area contributed by atoms with Crippen molar-refractivity contribution in [2.75, 3.05) is 46.6 Å². The van der Waals surface area contributed by atoms with Crippen LogP contribution in [0.1, 0.15) is 10.4 Å². The number of nitrogens with one attached hydrogen (secondary N) is 2. The van der Waals surface area contributed by atoms with E-state index in [1.165, 1.54) is 17.0 Å². The normalized spacial score (nSPS) is 10.4. The summed E-state index contributed by atoms with van der Waals surface area (Å²) in [5.41, 5.74) is 0.287. The SMILES string of the molecule is CN(C)CCNC(=O)Nc1cc(C(=O)N(C)C)ccc1F. The van der Waals surface area contributed by atoms with Crippen LogP contribution in [-0.4, -0.2) is 63.0 Å². The maximum Gasteiger partial charge on any atom is 0.319 e. The third kappa shape index (κ3) is 5.39. The fourth-order valence-corrected chi connectivity index (χ4v) is 1.57. The van der Waals surface area contributed by atoms with E-state index in [1.807, 2.05) is 19.0 Å². The van der Waals surface area contributed by atoms with Gasteiger partial charge in [0.2, 0.25) is 0 Å². The van der Waals surface area contributed by atoms with Gasteiger partial charge in [-0.25, -0.2) is 9.18 Å². The Morgan fingerprint density at radius 3 is 2.43 bits per heavy atom. The minimum Gasteiger partial charge on any atom is -0.345 e. The Labute approximate surface area is 123 Å². The molecule has 3 amide bonds. The number of benzene rings is 1. The lowest BCUT2D eigenvalue weighted by Crippen LogP contribution is -2.34. The molecule has 21 heavy (non-hydrogen) atoms. The summed E-state index contributed by atoms with van der Waals surface area (Å²) in [5.74, 6) is -0.848. The van der Waals surface area contributed by atoms with E-state index in [-0.39, 0.29) is 11.6 Å². The van der Waals surface area contributed by atoms with Gasteiger partial charge in [0.05, 0.1) is 5.69 Å². The van der Waals surface area contributed by atoms with E-state index in [9.17, 15) is 14.0 Å². The Hall–Kier alpha value is -2.15. The summed E-state index contributed by atoms with van der Waals surface area (Å²) in [5, 5.41) is 5.01. The molecule has 0 radical (unpaired) electrons. The molecular weight excluding hydrogens is 275 g/mol. The van der Waals surface area contributed by atoms with Crippen molar-refractivity contribution >= 4 is 17.6 Å². The van der Waals surface area contributed by atoms with Crippen LogP contribution in [-0.2, 0) is 0 Å². The fraction of sp³-hybridized carbons (Fsp3) is 0.429. The third-order valence-corrected chi connectivity index (χ3v) is 2.71. The first-order valence-corrected chi connectivity index (χ1v) is 6.52. The second kappa shape index (κ2) is 7.58. The number of urea groups is 1. The zero-order chi connectivity index (χ0) is 16.0. The number of likely N-dealkylation sites (N-methyl/N-ethyl adjacent to an activating group) is 1. The second-order valence-corrected chi connectivity index (χ2v) is 5.08. The van der Waals surface area contributed by atoms with Gasteiger partial charge in [0, 0.05) is 32.7 Å². The zero-order valence-electron chi connectivity index (χ0n) is 12.7. The van der Waals surface area contributed by atoms with E-state index in [4.69, 9.17) is 0 Å². The van der Waals surface area contributed by atoms with Gasteiger partial charge in [-0.1, -0.05) is 0 Å². The smallest absolute Gasteiger partial charge is 0.319 e. The fourth-order valence-electron chi connectivity index (χ4n) is 1.57. The summed E-state index contributed by atoms with van der Waals surface area (Å²) in [6.45, 7) is 1.12.